The van der Waals surface area contributed by atoms with Crippen LogP contribution in [-0.2, 0) is 23.7 Å². The highest BCUT2D eigenvalue weighted by Gasteiger charge is 2.49. The number of fused-ring (bicyclic) bond motifs is 1. The predicted octanol–water partition coefficient (Wildman–Crippen LogP) is -3.04. The summed E-state index contributed by atoms with van der Waals surface area (Å²) in [4.78, 5) is 13.1. The summed E-state index contributed by atoms with van der Waals surface area (Å²) >= 11 is 0. The van der Waals surface area contributed by atoms with E-state index in [0.717, 1.165) is 6.07 Å². The maximum atomic E-state index is 13.1. The van der Waals surface area contributed by atoms with Gasteiger partial charge in [0.05, 0.1) is 58.3 Å². The molecule has 6 rings (SSSR count). The van der Waals surface area contributed by atoms with Crippen LogP contribution in [0.25, 0.3) is 0 Å². The number of Topliss-reactive ketones (excluding diaryl/α,β-unsaturated/α-hetero) is 1. The molecule has 4 heterocycles. The molecule has 0 radical (unpaired) electrons. The number of methoxy groups -OCH3 is 1. The molecule has 2 aromatic rings. The quantitative estimate of drug-likeness (QED) is 0.102. The average Bonchev–Trinajstić information content (AvgIpc) is 3.17. The molecule has 0 aliphatic carbocycles. The zero-order valence-electron chi connectivity index (χ0n) is 30.3. The fourth-order valence-corrected chi connectivity index (χ4v) is 7.14. The molecule has 312 valence electrons. The fraction of sp³-hybridized carbons (Fsp3) is 0.639. The lowest BCUT2D eigenvalue weighted by Gasteiger charge is -2.44. The van der Waals surface area contributed by atoms with Crippen molar-refractivity contribution in [1.82, 2.24) is 0 Å². The summed E-state index contributed by atoms with van der Waals surface area (Å²) in [6.07, 6.45) is -21.9. The number of hydrogen-bond donors (Lipinski definition) is 11. The number of carbonyl (C=O) groups is 1. The van der Waals surface area contributed by atoms with Gasteiger partial charge in [-0.15, -0.1) is 0 Å². The van der Waals surface area contributed by atoms with Crippen LogP contribution >= 0.6 is 0 Å². The number of carbonyl (C=O) groups excluding carboxylic acids is 1. The first-order chi connectivity index (χ1) is 26.6. The van der Waals surface area contributed by atoms with Crippen LogP contribution in [0.15, 0.2) is 30.3 Å². The molecule has 3 saturated heterocycles. The Labute approximate surface area is 319 Å². The van der Waals surface area contributed by atoms with Crippen molar-refractivity contribution in [3.8, 4) is 28.7 Å². The fourth-order valence-electron chi connectivity index (χ4n) is 7.14. The number of phenolic OH excluding ortho intramolecular Hbond substituents is 2. The number of benzene rings is 2. The molecule has 11 N–H and O–H groups in total. The molecule has 0 bridgehead atoms. The Kier molecular flexibility index (Phi) is 13.2. The van der Waals surface area contributed by atoms with Gasteiger partial charge < -0.3 is 94.1 Å². The second-order valence-corrected chi connectivity index (χ2v) is 14.2. The minimum atomic E-state index is -1.80. The second kappa shape index (κ2) is 17.6. The third kappa shape index (κ3) is 8.54. The van der Waals surface area contributed by atoms with E-state index in [2.05, 4.69) is 0 Å². The van der Waals surface area contributed by atoms with Crippen LogP contribution in [0.1, 0.15) is 35.4 Å². The van der Waals surface area contributed by atoms with Gasteiger partial charge in [0.2, 0.25) is 6.29 Å². The van der Waals surface area contributed by atoms with Crippen molar-refractivity contribution in [1.29, 1.82) is 0 Å². The Morgan fingerprint density at radius 3 is 2.11 bits per heavy atom. The van der Waals surface area contributed by atoms with Gasteiger partial charge in [-0.05, 0) is 24.6 Å². The monoisotopic (exact) mass is 800 g/mol. The van der Waals surface area contributed by atoms with Crippen LogP contribution in [-0.4, -0.2) is 181 Å². The van der Waals surface area contributed by atoms with Crippen LogP contribution in [0.5, 0.6) is 28.7 Å². The summed E-state index contributed by atoms with van der Waals surface area (Å²) in [5.41, 5.74) is 0.306. The van der Waals surface area contributed by atoms with Gasteiger partial charge in [0.1, 0.15) is 83.9 Å². The van der Waals surface area contributed by atoms with Crippen molar-refractivity contribution >= 4 is 5.78 Å². The molecule has 10 unspecified atom stereocenters. The van der Waals surface area contributed by atoms with Crippen molar-refractivity contribution in [3.05, 3.63) is 41.5 Å². The smallest absolute Gasteiger partial charge is 0.229 e. The largest absolute Gasteiger partial charge is 0.507 e. The van der Waals surface area contributed by atoms with E-state index >= 15 is 0 Å². The minimum Gasteiger partial charge on any atom is -0.507 e. The summed E-state index contributed by atoms with van der Waals surface area (Å²) in [7, 11) is 1.38. The van der Waals surface area contributed by atoms with E-state index in [1.807, 2.05) is 0 Å². The van der Waals surface area contributed by atoms with Gasteiger partial charge in [0.15, 0.2) is 23.6 Å². The average molecular weight is 801 g/mol. The van der Waals surface area contributed by atoms with E-state index < -0.39 is 136 Å². The van der Waals surface area contributed by atoms with Crippen molar-refractivity contribution < 1.29 is 98.9 Å². The Morgan fingerprint density at radius 1 is 0.714 bits per heavy atom. The summed E-state index contributed by atoms with van der Waals surface area (Å²) in [6, 6.07) is 6.83. The summed E-state index contributed by atoms with van der Waals surface area (Å²) < 4.78 is 45.5. The van der Waals surface area contributed by atoms with Crippen molar-refractivity contribution in [3.63, 3.8) is 0 Å². The maximum Gasteiger partial charge on any atom is 0.229 e. The normalized spacial score (nSPS) is 38.7. The van der Waals surface area contributed by atoms with Gasteiger partial charge >= 0.3 is 0 Å². The Bertz CT molecular complexity index is 1660. The molecule has 16 atom stereocenters. The molecule has 0 aromatic heterocycles. The van der Waals surface area contributed by atoms with E-state index in [1.165, 1.54) is 32.2 Å². The van der Waals surface area contributed by atoms with Crippen LogP contribution in [0.4, 0.5) is 0 Å². The lowest BCUT2D eigenvalue weighted by molar-refractivity contribution is -0.316. The van der Waals surface area contributed by atoms with Gasteiger partial charge in [-0.25, -0.2) is 0 Å². The van der Waals surface area contributed by atoms with E-state index in [4.69, 9.17) is 37.9 Å². The van der Waals surface area contributed by atoms with Gasteiger partial charge in [-0.3, -0.25) is 4.79 Å². The van der Waals surface area contributed by atoms with E-state index in [9.17, 15) is 61.0 Å². The zero-order valence-corrected chi connectivity index (χ0v) is 30.3. The molecule has 20 nitrogen and oxygen atoms in total. The molecular weight excluding hydrogens is 752 g/mol. The number of ether oxygens (including phenoxy) is 8. The second-order valence-electron chi connectivity index (χ2n) is 14.2. The molecule has 20 heteroatoms. The van der Waals surface area contributed by atoms with Crippen LogP contribution in [0.3, 0.4) is 0 Å². The van der Waals surface area contributed by atoms with Crippen molar-refractivity contribution in [2.45, 2.75) is 105 Å². The summed E-state index contributed by atoms with van der Waals surface area (Å²) in [5.74, 6) is -2.33. The number of aliphatic hydroxyl groups is 9. The van der Waals surface area contributed by atoms with Crippen molar-refractivity contribution in [2.24, 2.45) is 5.92 Å². The molecule has 56 heavy (non-hydrogen) atoms. The molecule has 0 spiro atoms. The first-order valence-electron chi connectivity index (χ1n) is 17.9. The van der Waals surface area contributed by atoms with E-state index in [-0.39, 0.29) is 35.0 Å². The standard InChI is InChI=1S/C36H48O20/c1-13-27(41)31(45)34(48)35(52-13)51-12-24-16(10-50-11-25-30(44)32(46)29(43)23(9-37)55-25)28(42)33(47)36(56-24)53-15-6-18(39)26-19(40)8-21(54-22(26)7-15)14-3-4-20(49-2)17(38)5-14/h3-7,13,16,21,23-25,27-39,41-48H,8-12H2,1-2H3/t13?,16-,21?,23?,24?,25-,27+,28?,29-,30?,31?,32?,33?,34?,35-,36-/m1/s1. The first-order valence-corrected chi connectivity index (χ1v) is 17.9. The maximum absolute atomic E-state index is 13.1. The summed E-state index contributed by atoms with van der Waals surface area (Å²) in [5, 5.41) is 115. The lowest BCUT2D eigenvalue weighted by Crippen LogP contribution is -2.61. The number of aromatic hydroxyl groups is 2. The SMILES string of the molecule is COc1ccc(C2CC(=O)c3c(O)cc(O[C@@H]4OC(CO[C@@H]5OC(C)[C@H](O)C(O)C5O)[C@@H](COC[C@H]5OC(CO)[C@@H](O)C(O)C5O)C(O)C4O)cc3O2)cc1O. The number of hydrogen-bond acceptors (Lipinski definition) is 20. The predicted molar refractivity (Wildman–Crippen MR) is 183 cm³/mol. The summed E-state index contributed by atoms with van der Waals surface area (Å²) in [6.45, 7) is -0.525. The van der Waals surface area contributed by atoms with Gasteiger partial charge in [0, 0.05) is 18.1 Å². The highest BCUT2D eigenvalue weighted by Crippen LogP contribution is 2.44. The molecular formula is C36H48O20. The Hall–Kier alpha value is -3.45. The number of aliphatic hydroxyl groups excluding tert-OH is 9. The first kappa shape index (κ1) is 42.2. The van der Waals surface area contributed by atoms with Crippen molar-refractivity contribution in [2.75, 3.05) is 33.5 Å². The lowest BCUT2D eigenvalue weighted by atomic mass is 9.89. The molecule has 2 aromatic carbocycles. The molecule has 0 saturated carbocycles. The van der Waals surface area contributed by atoms with E-state index in [1.54, 1.807) is 6.07 Å². The number of ketones is 1. The number of rotatable bonds is 12. The Morgan fingerprint density at radius 2 is 1.41 bits per heavy atom. The zero-order chi connectivity index (χ0) is 40.6. The third-order valence-corrected chi connectivity index (χ3v) is 10.5. The Balaban J connectivity index is 1.19. The van der Waals surface area contributed by atoms with Gasteiger partial charge in [-0.2, -0.15) is 0 Å². The minimum absolute atomic E-state index is 0.0833. The molecule has 4 aliphatic heterocycles. The highest BCUT2D eigenvalue weighted by atomic mass is 16.7. The topological polar surface area (TPSA) is 313 Å². The van der Waals surface area contributed by atoms with Gasteiger partial charge in [0.25, 0.3) is 0 Å². The number of phenols is 2. The van der Waals surface area contributed by atoms with Crippen LogP contribution in [0.2, 0.25) is 0 Å². The molecule has 0 amide bonds. The van der Waals surface area contributed by atoms with Crippen LogP contribution in [0, 0.1) is 5.92 Å². The molecule has 4 aliphatic rings. The molecule has 3 fully saturated rings. The third-order valence-electron chi connectivity index (χ3n) is 10.5. The van der Waals surface area contributed by atoms with Crippen LogP contribution < -0.4 is 14.2 Å². The highest BCUT2D eigenvalue weighted by molar-refractivity contribution is 6.02. The van der Waals surface area contributed by atoms with Gasteiger partial charge in [-0.1, -0.05) is 6.07 Å². The van der Waals surface area contributed by atoms with E-state index in [0.29, 0.717) is 5.56 Å².